The average molecular weight is 409 g/mol. The molecule has 3 aromatic rings. The van der Waals surface area contributed by atoms with Gasteiger partial charge >= 0.3 is 0 Å². The van der Waals surface area contributed by atoms with Crippen molar-refractivity contribution in [3.05, 3.63) is 64.2 Å². The van der Waals surface area contributed by atoms with Gasteiger partial charge in [0.2, 0.25) is 0 Å². The SMILES string of the molecule is O[C@H]1CCN(Cc2cc3cc4c(cc3nc2-c2ccc(Cl)cc2)CCC4)C[C@@H]1O. The van der Waals surface area contributed by atoms with Gasteiger partial charge in [0.05, 0.1) is 23.4 Å². The minimum atomic E-state index is -0.695. The Kier molecular flexibility index (Phi) is 5.04. The standard InChI is InChI=1S/C24H25ClN2O2/c25-20-6-4-15(5-7-20)24-19(13-27-9-8-22(28)23(29)14-27)11-18-10-16-2-1-3-17(16)12-21(18)26-24/h4-7,10-12,22-23,28-29H,1-3,8-9,13-14H2/t22-,23-/m0/s1. The van der Waals surface area contributed by atoms with Crippen molar-refractivity contribution in [3.8, 4) is 11.3 Å². The number of hydrogen-bond acceptors (Lipinski definition) is 4. The summed E-state index contributed by atoms with van der Waals surface area (Å²) in [6, 6.07) is 14.6. The minimum Gasteiger partial charge on any atom is -0.390 e. The molecule has 1 saturated heterocycles. The maximum Gasteiger partial charge on any atom is 0.0926 e. The number of fused-ring (bicyclic) bond motifs is 2. The van der Waals surface area contributed by atoms with Crippen molar-refractivity contribution in [1.29, 1.82) is 0 Å². The molecule has 0 unspecified atom stereocenters. The number of aliphatic hydroxyl groups excluding tert-OH is 2. The quantitative estimate of drug-likeness (QED) is 0.688. The third-order valence-electron chi connectivity index (χ3n) is 6.25. The van der Waals surface area contributed by atoms with Crippen molar-refractivity contribution in [2.24, 2.45) is 0 Å². The number of pyridine rings is 1. The Balaban J connectivity index is 1.58. The summed E-state index contributed by atoms with van der Waals surface area (Å²) in [4.78, 5) is 7.27. The lowest BCUT2D eigenvalue weighted by Gasteiger charge is -2.33. The number of benzene rings is 2. The van der Waals surface area contributed by atoms with Crippen LogP contribution in [0.4, 0.5) is 0 Å². The van der Waals surface area contributed by atoms with Crippen LogP contribution in [-0.4, -0.2) is 45.4 Å². The first-order valence-corrected chi connectivity index (χ1v) is 10.7. The summed E-state index contributed by atoms with van der Waals surface area (Å²) in [6.45, 7) is 1.94. The molecule has 0 amide bonds. The lowest BCUT2D eigenvalue weighted by molar-refractivity contribution is -0.0403. The molecule has 2 atom stereocenters. The number of piperidine rings is 1. The van der Waals surface area contributed by atoms with E-state index in [-0.39, 0.29) is 0 Å². The Morgan fingerprint density at radius 1 is 1.00 bits per heavy atom. The molecule has 5 rings (SSSR count). The van der Waals surface area contributed by atoms with E-state index in [4.69, 9.17) is 16.6 Å². The van der Waals surface area contributed by atoms with E-state index in [1.807, 2.05) is 24.3 Å². The van der Waals surface area contributed by atoms with Crippen LogP contribution in [0.15, 0.2) is 42.5 Å². The highest BCUT2D eigenvalue weighted by atomic mass is 35.5. The first-order valence-electron chi connectivity index (χ1n) is 10.4. The van der Waals surface area contributed by atoms with E-state index in [1.54, 1.807) is 0 Å². The van der Waals surface area contributed by atoms with Crippen molar-refractivity contribution in [1.82, 2.24) is 9.88 Å². The zero-order chi connectivity index (χ0) is 20.0. The topological polar surface area (TPSA) is 56.6 Å². The van der Waals surface area contributed by atoms with Crippen molar-refractivity contribution < 1.29 is 10.2 Å². The number of rotatable bonds is 3. The highest BCUT2D eigenvalue weighted by Gasteiger charge is 2.26. The second-order valence-electron chi connectivity index (χ2n) is 8.33. The van der Waals surface area contributed by atoms with E-state index in [2.05, 4.69) is 23.1 Å². The van der Waals surface area contributed by atoms with E-state index in [0.717, 1.165) is 41.7 Å². The molecule has 2 aromatic carbocycles. The number of aromatic nitrogens is 1. The summed E-state index contributed by atoms with van der Waals surface area (Å²) in [5.74, 6) is 0. The van der Waals surface area contributed by atoms with Crippen LogP contribution in [-0.2, 0) is 19.4 Å². The van der Waals surface area contributed by atoms with Gasteiger partial charge in [-0.2, -0.15) is 0 Å². The molecule has 2 aliphatic rings. The number of aliphatic hydroxyl groups is 2. The molecule has 29 heavy (non-hydrogen) atoms. The molecule has 0 radical (unpaired) electrons. The van der Waals surface area contributed by atoms with Crippen LogP contribution in [0.1, 0.15) is 29.5 Å². The molecule has 2 N–H and O–H groups in total. The number of halogens is 1. The van der Waals surface area contributed by atoms with Crippen molar-refractivity contribution >= 4 is 22.5 Å². The Labute approximate surface area is 175 Å². The lowest BCUT2D eigenvalue weighted by Crippen LogP contribution is -2.46. The monoisotopic (exact) mass is 408 g/mol. The predicted octanol–water partition coefficient (Wildman–Crippen LogP) is 3.97. The highest BCUT2D eigenvalue weighted by Crippen LogP contribution is 2.32. The molecule has 4 nitrogen and oxygen atoms in total. The molecular weight excluding hydrogens is 384 g/mol. The van der Waals surface area contributed by atoms with Crippen LogP contribution in [0, 0.1) is 0 Å². The minimum absolute atomic E-state index is 0.476. The van der Waals surface area contributed by atoms with Gasteiger partial charge in [0, 0.05) is 35.6 Å². The number of nitrogens with zero attached hydrogens (tertiary/aromatic N) is 2. The van der Waals surface area contributed by atoms with Crippen molar-refractivity contribution in [2.45, 2.75) is 44.4 Å². The summed E-state index contributed by atoms with van der Waals surface area (Å²) >= 11 is 6.10. The first kappa shape index (κ1) is 19.0. The van der Waals surface area contributed by atoms with Gasteiger partial charge in [-0.3, -0.25) is 4.90 Å². The van der Waals surface area contributed by atoms with E-state index in [0.29, 0.717) is 24.5 Å². The van der Waals surface area contributed by atoms with Gasteiger partial charge in [-0.25, -0.2) is 4.98 Å². The summed E-state index contributed by atoms with van der Waals surface area (Å²) < 4.78 is 0. The highest BCUT2D eigenvalue weighted by molar-refractivity contribution is 6.30. The molecule has 1 aliphatic heterocycles. The fraction of sp³-hybridized carbons (Fsp3) is 0.375. The number of likely N-dealkylation sites (tertiary alicyclic amines) is 1. The van der Waals surface area contributed by atoms with Gasteiger partial charge in [0.25, 0.3) is 0 Å². The van der Waals surface area contributed by atoms with Crippen LogP contribution in [0.5, 0.6) is 0 Å². The van der Waals surface area contributed by atoms with Crippen LogP contribution in [0.2, 0.25) is 5.02 Å². The molecule has 1 aromatic heterocycles. The number of hydrogen-bond donors (Lipinski definition) is 2. The van der Waals surface area contributed by atoms with Crippen LogP contribution < -0.4 is 0 Å². The zero-order valence-corrected chi connectivity index (χ0v) is 17.1. The van der Waals surface area contributed by atoms with E-state index in [1.165, 1.54) is 22.9 Å². The van der Waals surface area contributed by atoms with E-state index < -0.39 is 12.2 Å². The van der Waals surface area contributed by atoms with E-state index in [9.17, 15) is 10.2 Å². The van der Waals surface area contributed by atoms with Gasteiger partial charge < -0.3 is 10.2 Å². The van der Waals surface area contributed by atoms with Gasteiger partial charge in [-0.15, -0.1) is 0 Å². The third-order valence-corrected chi connectivity index (χ3v) is 6.50. The number of β-amino-alcohol motifs (C(OH)–C–C–N with tert-alkyl or cyclic N) is 1. The Morgan fingerprint density at radius 2 is 1.76 bits per heavy atom. The second kappa shape index (κ2) is 7.69. The molecular formula is C24H25ClN2O2. The fourth-order valence-electron chi connectivity index (χ4n) is 4.64. The number of aryl methyl sites for hydroxylation is 2. The largest absolute Gasteiger partial charge is 0.390 e. The smallest absolute Gasteiger partial charge is 0.0926 e. The zero-order valence-electron chi connectivity index (χ0n) is 16.3. The maximum absolute atomic E-state index is 10.1. The molecule has 0 bridgehead atoms. The van der Waals surface area contributed by atoms with E-state index >= 15 is 0 Å². The van der Waals surface area contributed by atoms with Gasteiger partial charge in [0.15, 0.2) is 0 Å². The van der Waals surface area contributed by atoms with Gasteiger partial charge in [-0.05, 0) is 72.7 Å². The summed E-state index contributed by atoms with van der Waals surface area (Å²) in [5.41, 5.74) is 7.06. The fourth-order valence-corrected chi connectivity index (χ4v) is 4.76. The summed E-state index contributed by atoms with van der Waals surface area (Å²) in [7, 11) is 0. The summed E-state index contributed by atoms with van der Waals surface area (Å²) in [6.07, 6.45) is 2.77. The molecule has 1 aliphatic carbocycles. The van der Waals surface area contributed by atoms with Gasteiger partial charge in [-0.1, -0.05) is 23.7 Å². The average Bonchev–Trinajstić information content (AvgIpc) is 3.16. The van der Waals surface area contributed by atoms with Crippen molar-refractivity contribution in [3.63, 3.8) is 0 Å². The predicted molar refractivity (Wildman–Crippen MR) is 116 cm³/mol. The Hall–Kier alpha value is -1.98. The molecule has 5 heteroatoms. The van der Waals surface area contributed by atoms with Gasteiger partial charge in [0.1, 0.15) is 0 Å². The second-order valence-corrected chi connectivity index (χ2v) is 8.77. The Bertz CT molecular complexity index is 1050. The Morgan fingerprint density at radius 3 is 2.52 bits per heavy atom. The molecule has 2 heterocycles. The normalized spacial score (nSPS) is 22.2. The van der Waals surface area contributed by atoms with Crippen LogP contribution in [0.25, 0.3) is 22.2 Å². The molecule has 0 spiro atoms. The maximum atomic E-state index is 10.1. The van der Waals surface area contributed by atoms with Crippen LogP contribution in [0.3, 0.4) is 0 Å². The lowest BCUT2D eigenvalue weighted by atomic mass is 9.99. The van der Waals surface area contributed by atoms with Crippen molar-refractivity contribution in [2.75, 3.05) is 13.1 Å². The first-order chi connectivity index (χ1) is 14.1. The summed E-state index contributed by atoms with van der Waals surface area (Å²) in [5, 5.41) is 21.8. The molecule has 150 valence electrons. The molecule has 0 saturated carbocycles. The third kappa shape index (κ3) is 3.78. The molecule has 1 fully saturated rings. The van der Waals surface area contributed by atoms with Crippen LogP contribution >= 0.6 is 11.6 Å².